The molecule has 1 aromatic carbocycles. The van der Waals surface area contributed by atoms with E-state index in [4.69, 9.17) is 0 Å². The number of pyridine rings is 2. The zero-order chi connectivity index (χ0) is 20.9. The maximum absolute atomic E-state index is 12.5. The molecule has 0 bridgehead atoms. The number of aromatic nitrogens is 2. The molecule has 1 aliphatic heterocycles. The molecule has 0 saturated carbocycles. The lowest BCUT2D eigenvalue weighted by molar-refractivity contribution is 0.0914. The van der Waals surface area contributed by atoms with E-state index < -0.39 is 6.04 Å². The Bertz CT molecular complexity index is 1020. The number of aliphatic hydroxyl groups excluding tert-OH is 1. The average molecular weight is 403 g/mol. The number of hydrogen-bond acceptors (Lipinski definition) is 5. The van der Waals surface area contributed by atoms with Gasteiger partial charge in [0, 0.05) is 42.9 Å². The van der Waals surface area contributed by atoms with Gasteiger partial charge in [0.2, 0.25) is 0 Å². The predicted molar refractivity (Wildman–Crippen MR) is 110 cm³/mol. The quantitative estimate of drug-likeness (QED) is 0.607. The van der Waals surface area contributed by atoms with Crippen LogP contribution in [-0.2, 0) is 13.1 Å². The van der Waals surface area contributed by atoms with E-state index in [9.17, 15) is 14.7 Å². The fourth-order valence-electron chi connectivity index (χ4n) is 3.31. The number of urea groups is 1. The van der Waals surface area contributed by atoms with Crippen molar-refractivity contribution in [2.45, 2.75) is 19.1 Å². The first-order valence-electron chi connectivity index (χ1n) is 9.54. The lowest BCUT2D eigenvalue weighted by Gasteiger charge is -2.17. The fourth-order valence-corrected chi connectivity index (χ4v) is 3.31. The molecule has 1 atom stereocenters. The van der Waals surface area contributed by atoms with Gasteiger partial charge in [-0.05, 0) is 53.6 Å². The zero-order valence-electron chi connectivity index (χ0n) is 16.2. The molecule has 8 nitrogen and oxygen atoms in total. The number of carbonyl (C=O) groups excluding carboxylic acids is 2. The third-order valence-corrected chi connectivity index (χ3v) is 4.95. The molecule has 1 unspecified atom stereocenters. The topological polar surface area (TPSA) is 107 Å². The Hall–Kier alpha value is -3.78. The molecule has 30 heavy (non-hydrogen) atoms. The molecule has 1 aliphatic rings. The first kappa shape index (κ1) is 19.5. The summed E-state index contributed by atoms with van der Waals surface area (Å²) in [6.07, 6.45) is 5.11. The van der Waals surface area contributed by atoms with Gasteiger partial charge in [-0.3, -0.25) is 14.8 Å². The van der Waals surface area contributed by atoms with Gasteiger partial charge in [0.25, 0.3) is 5.91 Å². The van der Waals surface area contributed by atoms with E-state index in [1.165, 1.54) is 0 Å². The molecule has 8 heteroatoms. The van der Waals surface area contributed by atoms with E-state index in [-0.39, 0.29) is 18.5 Å². The van der Waals surface area contributed by atoms with E-state index in [1.54, 1.807) is 66.0 Å². The Labute approximate surface area is 173 Å². The number of benzene rings is 1. The summed E-state index contributed by atoms with van der Waals surface area (Å²) in [5.74, 6) is -0.333. The standard InChI is InChI=1S/C22H21N5O3/c28-14-20(19-3-1-2-9-24-19)26-21(29)15-4-6-18(7-5-15)25-22(30)27-12-16-8-10-23-11-17(16)13-27/h1-11,20,28H,12-14H2,(H,25,30)(H,26,29). The van der Waals surface area contributed by atoms with Crippen molar-refractivity contribution < 1.29 is 14.7 Å². The summed E-state index contributed by atoms with van der Waals surface area (Å²) in [5, 5.41) is 15.2. The first-order chi connectivity index (χ1) is 14.6. The van der Waals surface area contributed by atoms with E-state index in [0.717, 1.165) is 11.1 Å². The highest BCUT2D eigenvalue weighted by atomic mass is 16.3. The van der Waals surface area contributed by atoms with Crippen LogP contribution in [0.5, 0.6) is 0 Å². The summed E-state index contributed by atoms with van der Waals surface area (Å²) in [5.41, 5.74) is 3.74. The van der Waals surface area contributed by atoms with Crippen molar-refractivity contribution in [2.75, 3.05) is 11.9 Å². The van der Waals surface area contributed by atoms with Crippen LogP contribution in [0.3, 0.4) is 0 Å². The van der Waals surface area contributed by atoms with Crippen LogP contribution in [0.25, 0.3) is 0 Å². The van der Waals surface area contributed by atoms with Gasteiger partial charge >= 0.3 is 6.03 Å². The summed E-state index contributed by atoms with van der Waals surface area (Å²) in [7, 11) is 0. The molecule has 4 rings (SSSR count). The molecule has 0 spiro atoms. The van der Waals surface area contributed by atoms with Crippen LogP contribution in [0.1, 0.15) is 33.2 Å². The van der Waals surface area contributed by atoms with Gasteiger partial charge in [0.1, 0.15) is 0 Å². The highest BCUT2D eigenvalue weighted by Gasteiger charge is 2.23. The number of fused-ring (bicyclic) bond motifs is 1. The van der Waals surface area contributed by atoms with Crippen LogP contribution in [0.4, 0.5) is 10.5 Å². The van der Waals surface area contributed by atoms with Crippen molar-refractivity contribution in [2.24, 2.45) is 0 Å². The molecule has 2 aromatic heterocycles. The molecular weight excluding hydrogens is 382 g/mol. The number of aliphatic hydroxyl groups is 1. The number of anilines is 1. The summed E-state index contributed by atoms with van der Waals surface area (Å²) < 4.78 is 0. The van der Waals surface area contributed by atoms with Gasteiger partial charge < -0.3 is 20.6 Å². The lowest BCUT2D eigenvalue weighted by atomic mass is 10.1. The van der Waals surface area contributed by atoms with Crippen LogP contribution in [-0.4, -0.2) is 38.5 Å². The Morgan fingerprint density at radius 2 is 1.83 bits per heavy atom. The average Bonchev–Trinajstić information content (AvgIpc) is 3.23. The number of nitrogens with zero attached hydrogens (tertiary/aromatic N) is 3. The van der Waals surface area contributed by atoms with Crippen LogP contribution < -0.4 is 10.6 Å². The van der Waals surface area contributed by atoms with Gasteiger partial charge in [0.15, 0.2) is 0 Å². The van der Waals surface area contributed by atoms with Crippen molar-refractivity contribution >= 4 is 17.6 Å². The fraction of sp³-hybridized carbons (Fsp3) is 0.182. The van der Waals surface area contributed by atoms with Crippen molar-refractivity contribution in [1.82, 2.24) is 20.2 Å². The second-order valence-electron chi connectivity index (χ2n) is 6.97. The van der Waals surface area contributed by atoms with Crippen molar-refractivity contribution in [1.29, 1.82) is 0 Å². The summed E-state index contributed by atoms with van der Waals surface area (Å²) in [4.78, 5) is 35.0. The van der Waals surface area contributed by atoms with Crippen molar-refractivity contribution in [3.8, 4) is 0 Å². The van der Waals surface area contributed by atoms with Crippen LogP contribution in [0.15, 0.2) is 67.1 Å². The van der Waals surface area contributed by atoms with Gasteiger partial charge in [-0.15, -0.1) is 0 Å². The van der Waals surface area contributed by atoms with Gasteiger partial charge in [-0.2, -0.15) is 0 Å². The minimum Gasteiger partial charge on any atom is -0.394 e. The molecule has 0 fully saturated rings. The number of amides is 3. The van der Waals surface area contributed by atoms with Gasteiger partial charge in [-0.1, -0.05) is 6.07 Å². The van der Waals surface area contributed by atoms with Crippen molar-refractivity contribution in [3.63, 3.8) is 0 Å². The first-order valence-corrected chi connectivity index (χ1v) is 9.54. The Kier molecular flexibility index (Phi) is 5.67. The van der Waals surface area contributed by atoms with E-state index >= 15 is 0 Å². The normalized spacial score (nSPS) is 13.4. The maximum Gasteiger partial charge on any atom is 0.322 e. The minimum absolute atomic E-state index is 0.209. The summed E-state index contributed by atoms with van der Waals surface area (Å²) >= 11 is 0. The number of rotatable bonds is 5. The van der Waals surface area contributed by atoms with Crippen LogP contribution >= 0.6 is 0 Å². The number of nitrogens with one attached hydrogen (secondary N) is 2. The molecular formula is C22H21N5O3. The molecule has 152 valence electrons. The predicted octanol–water partition coefficient (Wildman–Crippen LogP) is 2.49. The lowest BCUT2D eigenvalue weighted by Crippen LogP contribution is -2.31. The molecule has 3 N–H and O–H groups in total. The van der Waals surface area contributed by atoms with Crippen LogP contribution in [0.2, 0.25) is 0 Å². The van der Waals surface area contributed by atoms with Gasteiger partial charge in [-0.25, -0.2) is 4.79 Å². The highest BCUT2D eigenvalue weighted by molar-refractivity contribution is 5.95. The third-order valence-electron chi connectivity index (χ3n) is 4.95. The summed E-state index contributed by atoms with van der Waals surface area (Å²) in [6.45, 7) is 0.802. The highest BCUT2D eigenvalue weighted by Crippen LogP contribution is 2.22. The molecule has 0 aliphatic carbocycles. The smallest absolute Gasteiger partial charge is 0.322 e. The number of carbonyl (C=O) groups is 2. The number of hydrogen-bond donors (Lipinski definition) is 3. The summed E-state index contributed by atoms with van der Waals surface area (Å²) in [6, 6.07) is 13.0. The monoisotopic (exact) mass is 403 g/mol. The maximum atomic E-state index is 12.5. The van der Waals surface area contributed by atoms with E-state index in [1.807, 2.05) is 6.07 Å². The molecule has 0 saturated heterocycles. The second-order valence-corrected chi connectivity index (χ2v) is 6.97. The Morgan fingerprint density at radius 1 is 1.03 bits per heavy atom. The van der Waals surface area contributed by atoms with Crippen LogP contribution in [0, 0.1) is 0 Å². The SMILES string of the molecule is O=C(NC(CO)c1ccccn1)c1ccc(NC(=O)N2Cc3ccncc3C2)cc1. The molecule has 3 heterocycles. The zero-order valence-corrected chi connectivity index (χ0v) is 16.2. The van der Waals surface area contributed by atoms with E-state index in [2.05, 4.69) is 20.6 Å². The second kappa shape index (κ2) is 8.71. The molecule has 3 aromatic rings. The van der Waals surface area contributed by atoms with Crippen molar-refractivity contribution in [3.05, 3.63) is 89.5 Å². The van der Waals surface area contributed by atoms with E-state index in [0.29, 0.717) is 30.0 Å². The largest absolute Gasteiger partial charge is 0.394 e. The molecule has 0 radical (unpaired) electrons. The van der Waals surface area contributed by atoms with Gasteiger partial charge in [0.05, 0.1) is 18.3 Å². The molecule has 3 amide bonds. The Balaban J connectivity index is 1.36. The Morgan fingerprint density at radius 3 is 2.53 bits per heavy atom. The third kappa shape index (κ3) is 4.28. The minimum atomic E-state index is -0.593.